The van der Waals surface area contributed by atoms with E-state index in [4.69, 9.17) is 11.5 Å². The minimum atomic E-state index is -1.55. The van der Waals surface area contributed by atoms with E-state index in [1.54, 1.807) is 36.4 Å². The van der Waals surface area contributed by atoms with Gasteiger partial charge in [0, 0.05) is 22.5 Å². The zero-order chi connectivity index (χ0) is 16.3. The standard InChI is InChI=1S/C18H18F2N2/c1-3-14(19)17-13(11-5-7-12(21)8-6-11)9-10-16(22)18(17)15(20)4-2/h3-10,14-15H,1-2,21-22H2. The number of rotatable bonds is 5. The maximum atomic E-state index is 14.4. The largest absolute Gasteiger partial charge is 0.399 e. The molecule has 2 unspecified atom stereocenters. The van der Waals surface area contributed by atoms with Gasteiger partial charge in [-0.2, -0.15) is 0 Å². The maximum absolute atomic E-state index is 14.4. The van der Waals surface area contributed by atoms with Gasteiger partial charge in [0.05, 0.1) is 0 Å². The van der Waals surface area contributed by atoms with E-state index < -0.39 is 12.3 Å². The molecule has 0 heterocycles. The van der Waals surface area contributed by atoms with E-state index in [0.717, 1.165) is 17.7 Å². The van der Waals surface area contributed by atoms with Gasteiger partial charge in [0.2, 0.25) is 0 Å². The lowest BCUT2D eigenvalue weighted by molar-refractivity contribution is 0.384. The first-order chi connectivity index (χ1) is 10.5. The topological polar surface area (TPSA) is 52.0 Å². The van der Waals surface area contributed by atoms with Gasteiger partial charge in [-0.25, -0.2) is 8.78 Å². The third kappa shape index (κ3) is 2.86. The van der Waals surface area contributed by atoms with Gasteiger partial charge in [-0.1, -0.05) is 43.5 Å². The van der Waals surface area contributed by atoms with Crippen molar-refractivity contribution >= 4 is 11.4 Å². The third-order valence-corrected chi connectivity index (χ3v) is 3.51. The van der Waals surface area contributed by atoms with E-state index in [0.29, 0.717) is 11.3 Å². The minimum Gasteiger partial charge on any atom is -0.399 e. The molecule has 2 aromatic rings. The average Bonchev–Trinajstić information content (AvgIpc) is 2.54. The summed E-state index contributed by atoms with van der Waals surface area (Å²) in [7, 11) is 0. The molecular formula is C18H18F2N2. The normalized spacial score (nSPS) is 13.4. The Kier molecular flexibility index (Phi) is 4.61. The van der Waals surface area contributed by atoms with Gasteiger partial charge < -0.3 is 11.5 Å². The van der Waals surface area contributed by atoms with Crippen LogP contribution in [0.4, 0.5) is 20.2 Å². The van der Waals surface area contributed by atoms with E-state index in [1.165, 1.54) is 0 Å². The summed E-state index contributed by atoms with van der Waals surface area (Å²) in [6.45, 7) is 6.88. The van der Waals surface area contributed by atoms with Crippen molar-refractivity contribution in [2.75, 3.05) is 11.5 Å². The Labute approximate surface area is 128 Å². The number of nitrogens with two attached hydrogens (primary N) is 2. The number of allylic oxidation sites excluding steroid dienone is 2. The van der Waals surface area contributed by atoms with Crippen LogP contribution in [0.5, 0.6) is 0 Å². The molecule has 0 bridgehead atoms. The van der Waals surface area contributed by atoms with E-state index in [-0.39, 0.29) is 16.8 Å². The summed E-state index contributed by atoms with van der Waals surface area (Å²) >= 11 is 0. The molecule has 0 saturated carbocycles. The molecule has 22 heavy (non-hydrogen) atoms. The number of halogens is 2. The quantitative estimate of drug-likeness (QED) is 0.609. The maximum Gasteiger partial charge on any atom is 0.145 e. The first-order valence-electron chi connectivity index (χ1n) is 6.81. The zero-order valence-corrected chi connectivity index (χ0v) is 12.1. The second-order valence-electron chi connectivity index (χ2n) is 4.93. The van der Waals surface area contributed by atoms with Crippen molar-refractivity contribution in [3.63, 3.8) is 0 Å². The number of alkyl halides is 2. The predicted octanol–water partition coefficient (Wildman–Crippen LogP) is 4.91. The molecule has 0 aliphatic carbocycles. The van der Waals surface area contributed by atoms with Crippen molar-refractivity contribution < 1.29 is 8.78 Å². The summed E-state index contributed by atoms with van der Waals surface area (Å²) < 4.78 is 28.7. The van der Waals surface area contributed by atoms with Crippen molar-refractivity contribution in [1.82, 2.24) is 0 Å². The molecule has 114 valence electrons. The molecule has 0 spiro atoms. The van der Waals surface area contributed by atoms with Crippen LogP contribution in [0.2, 0.25) is 0 Å². The number of hydrogen-bond acceptors (Lipinski definition) is 2. The highest BCUT2D eigenvalue weighted by molar-refractivity contribution is 5.75. The Hall–Kier alpha value is -2.62. The lowest BCUT2D eigenvalue weighted by Crippen LogP contribution is -2.06. The molecule has 0 amide bonds. The molecule has 4 N–H and O–H groups in total. The molecule has 0 aliphatic heterocycles. The highest BCUT2D eigenvalue weighted by atomic mass is 19.1. The van der Waals surface area contributed by atoms with Gasteiger partial charge >= 0.3 is 0 Å². The van der Waals surface area contributed by atoms with Crippen LogP contribution in [0.1, 0.15) is 23.5 Å². The van der Waals surface area contributed by atoms with Crippen molar-refractivity contribution in [3.05, 3.63) is 72.8 Å². The van der Waals surface area contributed by atoms with Crippen LogP contribution in [-0.2, 0) is 0 Å². The molecule has 2 atom stereocenters. The number of anilines is 2. The molecule has 2 aromatic carbocycles. The fraction of sp³-hybridized carbons (Fsp3) is 0.111. The van der Waals surface area contributed by atoms with Gasteiger partial charge in [0.1, 0.15) is 12.3 Å². The first-order valence-corrected chi connectivity index (χ1v) is 6.81. The number of hydrogen-bond donors (Lipinski definition) is 2. The monoisotopic (exact) mass is 300 g/mol. The van der Waals surface area contributed by atoms with Gasteiger partial charge in [-0.3, -0.25) is 0 Å². The van der Waals surface area contributed by atoms with Crippen molar-refractivity contribution in [2.24, 2.45) is 0 Å². The van der Waals surface area contributed by atoms with Crippen molar-refractivity contribution in [2.45, 2.75) is 12.3 Å². The lowest BCUT2D eigenvalue weighted by Gasteiger charge is -2.20. The highest BCUT2D eigenvalue weighted by Gasteiger charge is 2.23. The highest BCUT2D eigenvalue weighted by Crippen LogP contribution is 2.40. The molecular weight excluding hydrogens is 282 g/mol. The SMILES string of the molecule is C=CC(F)c1c(N)ccc(-c2ccc(N)cc2)c1C(F)C=C. The first kappa shape index (κ1) is 15.8. The van der Waals surface area contributed by atoms with Crippen LogP contribution in [-0.4, -0.2) is 0 Å². The number of benzene rings is 2. The summed E-state index contributed by atoms with van der Waals surface area (Å²) in [5, 5.41) is 0. The summed E-state index contributed by atoms with van der Waals surface area (Å²) in [4.78, 5) is 0. The minimum absolute atomic E-state index is 0.0942. The van der Waals surface area contributed by atoms with E-state index in [9.17, 15) is 8.78 Å². The summed E-state index contributed by atoms with van der Waals surface area (Å²) in [6.07, 6.45) is -0.877. The molecule has 0 aliphatic rings. The fourth-order valence-electron chi connectivity index (χ4n) is 2.41. The third-order valence-electron chi connectivity index (χ3n) is 3.51. The Morgan fingerprint density at radius 1 is 0.818 bits per heavy atom. The molecule has 4 heteroatoms. The van der Waals surface area contributed by atoms with Crippen LogP contribution in [0.3, 0.4) is 0 Å². The predicted molar refractivity (Wildman–Crippen MR) is 88.8 cm³/mol. The molecule has 0 radical (unpaired) electrons. The molecule has 0 saturated heterocycles. The molecule has 2 rings (SSSR count). The second kappa shape index (κ2) is 6.43. The van der Waals surface area contributed by atoms with Crippen LogP contribution in [0, 0.1) is 0 Å². The van der Waals surface area contributed by atoms with E-state index in [2.05, 4.69) is 13.2 Å². The van der Waals surface area contributed by atoms with Gasteiger partial charge in [0.15, 0.2) is 0 Å². The zero-order valence-electron chi connectivity index (χ0n) is 12.1. The van der Waals surface area contributed by atoms with E-state index >= 15 is 0 Å². The van der Waals surface area contributed by atoms with Crippen LogP contribution in [0.25, 0.3) is 11.1 Å². The summed E-state index contributed by atoms with van der Waals surface area (Å²) in [5.41, 5.74) is 13.9. The molecule has 2 nitrogen and oxygen atoms in total. The van der Waals surface area contributed by atoms with E-state index in [1.807, 2.05) is 0 Å². The van der Waals surface area contributed by atoms with Gasteiger partial charge in [0.25, 0.3) is 0 Å². The van der Waals surface area contributed by atoms with Gasteiger partial charge in [-0.15, -0.1) is 0 Å². The fourth-order valence-corrected chi connectivity index (χ4v) is 2.41. The Balaban J connectivity index is 2.75. The van der Waals surface area contributed by atoms with Crippen LogP contribution in [0.15, 0.2) is 61.7 Å². The van der Waals surface area contributed by atoms with Gasteiger partial charge in [-0.05, 0) is 29.3 Å². The Morgan fingerprint density at radius 3 is 1.91 bits per heavy atom. The van der Waals surface area contributed by atoms with Crippen molar-refractivity contribution in [1.29, 1.82) is 0 Å². The molecule has 0 fully saturated rings. The summed E-state index contributed by atoms with van der Waals surface area (Å²) in [5.74, 6) is 0. The Bertz CT molecular complexity index is 693. The lowest BCUT2D eigenvalue weighted by atomic mass is 9.89. The Morgan fingerprint density at radius 2 is 1.36 bits per heavy atom. The average molecular weight is 300 g/mol. The molecule has 0 aromatic heterocycles. The number of nitrogen functional groups attached to an aromatic ring is 2. The van der Waals surface area contributed by atoms with Crippen LogP contribution < -0.4 is 11.5 Å². The smallest absolute Gasteiger partial charge is 0.145 e. The van der Waals surface area contributed by atoms with Crippen molar-refractivity contribution in [3.8, 4) is 11.1 Å². The second-order valence-corrected chi connectivity index (χ2v) is 4.93. The summed E-state index contributed by atoms with van der Waals surface area (Å²) in [6, 6.07) is 10.2. The van der Waals surface area contributed by atoms with Crippen LogP contribution >= 0.6 is 0 Å².